The Morgan fingerprint density at radius 1 is 1.17 bits per heavy atom. The number of hydrogen-bond acceptors (Lipinski definition) is 5. The van der Waals surface area contributed by atoms with Gasteiger partial charge in [0.15, 0.2) is 0 Å². The lowest BCUT2D eigenvalue weighted by atomic mass is 10.0. The molecule has 0 bridgehead atoms. The molecular formula is C21H26N2O5S. The zero-order valence-corrected chi connectivity index (χ0v) is 17.7. The molecule has 1 atom stereocenters. The molecule has 0 aromatic heterocycles. The molecule has 1 N–H and O–H groups in total. The first-order valence-corrected chi connectivity index (χ1v) is 10.9. The zero-order valence-electron chi connectivity index (χ0n) is 16.8. The van der Waals surface area contributed by atoms with Crippen molar-refractivity contribution < 1.29 is 22.7 Å². The van der Waals surface area contributed by atoms with Gasteiger partial charge in [-0.15, -0.1) is 0 Å². The predicted molar refractivity (Wildman–Crippen MR) is 110 cm³/mol. The summed E-state index contributed by atoms with van der Waals surface area (Å²) >= 11 is 0. The molecule has 1 amide bonds. The van der Waals surface area contributed by atoms with Crippen molar-refractivity contribution >= 4 is 15.9 Å². The van der Waals surface area contributed by atoms with E-state index in [1.54, 1.807) is 26.2 Å². The van der Waals surface area contributed by atoms with E-state index in [2.05, 4.69) is 5.32 Å². The minimum atomic E-state index is -3.67. The third-order valence-electron chi connectivity index (χ3n) is 5.01. The van der Waals surface area contributed by atoms with E-state index in [0.29, 0.717) is 43.2 Å². The monoisotopic (exact) mass is 418 g/mol. The van der Waals surface area contributed by atoms with Crippen molar-refractivity contribution in [3.8, 4) is 5.75 Å². The number of ether oxygens (including phenoxy) is 2. The van der Waals surface area contributed by atoms with Crippen LogP contribution in [0.1, 0.15) is 34.5 Å². The topological polar surface area (TPSA) is 84.9 Å². The van der Waals surface area contributed by atoms with Crippen LogP contribution in [0.3, 0.4) is 0 Å². The van der Waals surface area contributed by atoms with Gasteiger partial charge in [-0.2, -0.15) is 4.31 Å². The lowest BCUT2D eigenvalue weighted by Crippen LogP contribution is -2.40. The summed E-state index contributed by atoms with van der Waals surface area (Å²) < 4.78 is 37.8. The lowest BCUT2D eigenvalue weighted by molar-refractivity contribution is 0.0730. The summed E-state index contributed by atoms with van der Waals surface area (Å²) in [5.74, 6) is 0.348. The molecule has 8 heteroatoms. The molecule has 0 spiro atoms. The van der Waals surface area contributed by atoms with E-state index in [9.17, 15) is 13.2 Å². The summed E-state index contributed by atoms with van der Waals surface area (Å²) in [5, 5.41) is 2.94. The summed E-state index contributed by atoms with van der Waals surface area (Å²) in [5.41, 5.74) is 1.88. The minimum Gasteiger partial charge on any atom is -0.496 e. The number of methoxy groups -OCH3 is 1. The molecule has 1 aliphatic rings. The number of rotatable bonds is 6. The largest absolute Gasteiger partial charge is 0.496 e. The van der Waals surface area contributed by atoms with Gasteiger partial charge in [-0.05, 0) is 37.6 Å². The van der Waals surface area contributed by atoms with Crippen molar-refractivity contribution in [1.82, 2.24) is 9.62 Å². The fourth-order valence-corrected chi connectivity index (χ4v) is 4.75. The molecule has 1 heterocycles. The first kappa shape index (κ1) is 21.3. The number of benzene rings is 2. The molecule has 2 aromatic rings. The molecule has 1 fully saturated rings. The normalized spacial score (nSPS) is 16.2. The van der Waals surface area contributed by atoms with E-state index >= 15 is 0 Å². The van der Waals surface area contributed by atoms with E-state index in [4.69, 9.17) is 9.47 Å². The predicted octanol–water partition coefficient (Wildman–Crippen LogP) is 2.52. The van der Waals surface area contributed by atoms with Crippen LogP contribution in [-0.4, -0.2) is 52.0 Å². The Morgan fingerprint density at radius 3 is 2.55 bits per heavy atom. The van der Waals surface area contributed by atoms with Crippen LogP contribution in [0.25, 0.3) is 0 Å². The van der Waals surface area contributed by atoms with Crippen molar-refractivity contribution in [1.29, 1.82) is 0 Å². The molecule has 3 rings (SSSR count). The molecule has 156 valence electrons. The van der Waals surface area contributed by atoms with Crippen LogP contribution in [0, 0.1) is 6.92 Å². The fourth-order valence-electron chi connectivity index (χ4n) is 3.32. The van der Waals surface area contributed by atoms with Crippen LogP contribution in [0.15, 0.2) is 47.4 Å². The highest BCUT2D eigenvalue weighted by Crippen LogP contribution is 2.25. The summed E-state index contributed by atoms with van der Waals surface area (Å²) in [7, 11) is -2.09. The smallest absolute Gasteiger partial charge is 0.252 e. The SMILES string of the molecule is COc1ccccc1[C@@H](C)NC(=O)c1cc(S(=O)(=O)N2CCOCC2)ccc1C. The fraction of sp³-hybridized carbons (Fsp3) is 0.381. The number of amides is 1. The second-order valence-corrected chi connectivity index (χ2v) is 8.87. The van der Waals surface area contributed by atoms with E-state index in [0.717, 1.165) is 5.56 Å². The third kappa shape index (κ3) is 4.60. The Bertz CT molecular complexity index is 984. The highest BCUT2D eigenvalue weighted by Gasteiger charge is 2.27. The van der Waals surface area contributed by atoms with Gasteiger partial charge in [0.05, 0.1) is 31.3 Å². The molecule has 29 heavy (non-hydrogen) atoms. The third-order valence-corrected chi connectivity index (χ3v) is 6.91. The number of carbonyl (C=O) groups excluding carboxylic acids is 1. The Morgan fingerprint density at radius 2 is 1.86 bits per heavy atom. The van der Waals surface area contributed by atoms with Crippen molar-refractivity contribution in [2.24, 2.45) is 0 Å². The number of nitrogens with zero attached hydrogens (tertiary/aromatic N) is 1. The van der Waals surface area contributed by atoms with Crippen LogP contribution < -0.4 is 10.1 Å². The van der Waals surface area contributed by atoms with Gasteiger partial charge in [0.1, 0.15) is 5.75 Å². The van der Waals surface area contributed by atoms with Gasteiger partial charge in [-0.25, -0.2) is 8.42 Å². The number of aryl methyl sites for hydroxylation is 1. The standard InChI is InChI=1S/C21H26N2O5S/c1-15-8-9-17(29(25,26)23-10-12-28-13-11-23)14-19(15)21(24)22-16(2)18-6-4-5-7-20(18)27-3/h4-9,14,16H,10-13H2,1-3H3,(H,22,24)/t16-/m1/s1. The highest BCUT2D eigenvalue weighted by atomic mass is 32.2. The van der Waals surface area contributed by atoms with Crippen LogP contribution >= 0.6 is 0 Å². The molecule has 0 radical (unpaired) electrons. The van der Waals surface area contributed by atoms with Crippen molar-refractivity contribution in [3.63, 3.8) is 0 Å². The highest BCUT2D eigenvalue weighted by molar-refractivity contribution is 7.89. The Hall–Kier alpha value is -2.42. The second kappa shape index (κ2) is 8.94. The number of nitrogens with one attached hydrogen (secondary N) is 1. The van der Waals surface area contributed by atoms with Gasteiger partial charge in [0, 0.05) is 24.2 Å². The van der Waals surface area contributed by atoms with Crippen LogP contribution in [0.4, 0.5) is 0 Å². The number of carbonyl (C=O) groups is 1. The van der Waals surface area contributed by atoms with Gasteiger partial charge in [-0.1, -0.05) is 24.3 Å². The lowest BCUT2D eigenvalue weighted by Gasteiger charge is -2.26. The molecule has 2 aromatic carbocycles. The molecule has 0 unspecified atom stereocenters. The van der Waals surface area contributed by atoms with E-state index in [1.165, 1.54) is 10.4 Å². The minimum absolute atomic E-state index is 0.111. The maximum atomic E-state index is 12.9. The van der Waals surface area contributed by atoms with Gasteiger partial charge >= 0.3 is 0 Å². The number of hydrogen-bond donors (Lipinski definition) is 1. The van der Waals surface area contributed by atoms with Crippen molar-refractivity contribution in [2.45, 2.75) is 24.8 Å². The molecule has 1 saturated heterocycles. The molecule has 7 nitrogen and oxygen atoms in total. The average Bonchev–Trinajstić information content (AvgIpc) is 2.74. The zero-order chi connectivity index (χ0) is 21.0. The van der Waals surface area contributed by atoms with Gasteiger partial charge < -0.3 is 14.8 Å². The molecule has 0 saturated carbocycles. The number of para-hydroxylation sites is 1. The number of sulfonamides is 1. The van der Waals surface area contributed by atoms with Gasteiger partial charge in [0.2, 0.25) is 10.0 Å². The van der Waals surface area contributed by atoms with Gasteiger partial charge in [-0.3, -0.25) is 4.79 Å². The average molecular weight is 419 g/mol. The van der Waals surface area contributed by atoms with E-state index in [-0.39, 0.29) is 16.8 Å². The quantitative estimate of drug-likeness (QED) is 0.779. The summed E-state index contributed by atoms with van der Waals surface area (Å²) in [6, 6.07) is 11.8. The molecular weight excluding hydrogens is 392 g/mol. The Labute approximate surface area is 171 Å². The van der Waals surface area contributed by atoms with Crippen LogP contribution in [0.2, 0.25) is 0 Å². The maximum Gasteiger partial charge on any atom is 0.252 e. The molecule has 1 aliphatic heterocycles. The van der Waals surface area contributed by atoms with Gasteiger partial charge in [0.25, 0.3) is 5.91 Å². The first-order valence-electron chi connectivity index (χ1n) is 9.47. The van der Waals surface area contributed by atoms with Crippen molar-refractivity contribution in [3.05, 3.63) is 59.2 Å². The Balaban J connectivity index is 1.85. The van der Waals surface area contributed by atoms with E-state index < -0.39 is 10.0 Å². The second-order valence-electron chi connectivity index (χ2n) is 6.93. The first-order chi connectivity index (χ1) is 13.8. The van der Waals surface area contributed by atoms with Crippen LogP contribution in [-0.2, 0) is 14.8 Å². The van der Waals surface area contributed by atoms with Crippen LogP contribution in [0.5, 0.6) is 5.75 Å². The molecule has 0 aliphatic carbocycles. The van der Waals surface area contributed by atoms with E-state index in [1.807, 2.05) is 31.2 Å². The summed E-state index contributed by atoms with van der Waals surface area (Å²) in [6.07, 6.45) is 0. The van der Waals surface area contributed by atoms with Crippen molar-refractivity contribution in [2.75, 3.05) is 33.4 Å². The number of morpholine rings is 1. The summed E-state index contributed by atoms with van der Waals surface area (Å²) in [6.45, 7) is 5.00. The summed E-state index contributed by atoms with van der Waals surface area (Å²) in [4.78, 5) is 13.0. The maximum absolute atomic E-state index is 12.9. The Kier molecular flexibility index (Phi) is 6.56.